The van der Waals surface area contributed by atoms with E-state index in [1.807, 2.05) is 0 Å². The van der Waals surface area contributed by atoms with E-state index in [9.17, 15) is 9.59 Å². The molecule has 98 valence electrons. The smallest absolute Gasteiger partial charge is 0.335 e. The van der Waals surface area contributed by atoms with Crippen LogP contribution in [0.25, 0.3) is 0 Å². The third-order valence-electron chi connectivity index (χ3n) is 2.22. The topological polar surface area (TPSA) is 107 Å². The number of nitrogens with one attached hydrogen (secondary N) is 3. The molecule has 4 N–H and O–H groups in total. The first-order valence-electron chi connectivity index (χ1n) is 5.16. The molecule has 0 saturated carbocycles. The lowest BCUT2D eigenvalue weighted by molar-refractivity contribution is 0.0697. The lowest BCUT2D eigenvalue weighted by Gasteiger charge is -2.08. The van der Waals surface area contributed by atoms with Crippen LogP contribution in [0.1, 0.15) is 10.4 Å². The number of amides is 2. The van der Waals surface area contributed by atoms with Crippen molar-refractivity contribution in [3.8, 4) is 0 Å². The number of benzene rings is 1. The van der Waals surface area contributed by atoms with Gasteiger partial charge >= 0.3 is 12.0 Å². The van der Waals surface area contributed by atoms with E-state index in [-0.39, 0.29) is 16.3 Å². The minimum Gasteiger partial charge on any atom is -0.478 e. The molecule has 0 aliphatic heterocycles. The zero-order valence-electron chi connectivity index (χ0n) is 9.48. The quantitative estimate of drug-likeness (QED) is 0.692. The van der Waals surface area contributed by atoms with E-state index in [2.05, 4.69) is 20.8 Å². The SMILES string of the molecule is O=C(Nc1cn[nH]c1)Nc1cc(C(=O)O)ccc1Cl. The number of carboxylic acids is 1. The number of hydrogen-bond donors (Lipinski definition) is 4. The highest BCUT2D eigenvalue weighted by Gasteiger charge is 2.10. The van der Waals surface area contributed by atoms with Gasteiger partial charge in [0.05, 0.1) is 28.2 Å². The van der Waals surface area contributed by atoms with E-state index in [1.165, 1.54) is 30.6 Å². The molecule has 8 heteroatoms. The van der Waals surface area contributed by atoms with Crippen LogP contribution >= 0.6 is 11.6 Å². The Hall–Kier alpha value is -2.54. The Morgan fingerprint density at radius 2 is 2.11 bits per heavy atom. The first-order valence-corrected chi connectivity index (χ1v) is 5.53. The number of hydrogen-bond acceptors (Lipinski definition) is 3. The average molecular weight is 281 g/mol. The summed E-state index contributed by atoms with van der Waals surface area (Å²) in [7, 11) is 0. The molecule has 2 rings (SSSR count). The number of carbonyl (C=O) groups excluding carboxylic acids is 1. The number of carboxylic acid groups (broad SMARTS) is 1. The second-order valence-corrected chi connectivity index (χ2v) is 3.97. The molecular formula is C11H9ClN4O3. The number of H-pyrrole nitrogens is 1. The van der Waals surface area contributed by atoms with Gasteiger partial charge in [0.25, 0.3) is 0 Å². The summed E-state index contributed by atoms with van der Waals surface area (Å²) in [4.78, 5) is 22.5. The standard InChI is InChI=1S/C11H9ClN4O3/c12-8-2-1-6(10(17)18)3-9(8)16-11(19)15-7-4-13-14-5-7/h1-5H,(H,13,14)(H,17,18)(H2,15,16,19). The molecule has 1 aromatic heterocycles. The highest BCUT2D eigenvalue weighted by Crippen LogP contribution is 2.23. The highest BCUT2D eigenvalue weighted by atomic mass is 35.5. The van der Waals surface area contributed by atoms with E-state index in [0.29, 0.717) is 5.69 Å². The van der Waals surface area contributed by atoms with E-state index in [4.69, 9.17) is 16.7 Å². The van der Waals surface area contributed by atoms with Crippen LogP contribution in [0.3, 0.4) is 0 Å². The van der Waals surface area contributed by atoms with Gasteiger partial charge in [-0.05, 0) is 18.2 Å². The van der Waals surface area contributed by atoms with Crippen molar-refractivity contribution in [2.75, 3.05) is 10.6 Å². The summed E-state index contributed by atoms with van der Waals surface area (Å²) < 4.78 is 0. The van der Waals surface area contributed by atoms with Crippen LogP contribution in [0.15, 0.2) is 30.6 Å². The first-order chi connectivity index (χ1) is 9.06. The Balaban J connectivity index is 2.11. The van der Waals surface area contributed by atoms with Crippen molar-refractivity contribution in [3.05, 3.63) is 41.2 Å². The summed E-state index contributed by atoms with van der Waals surface area (Å²) >= 11 is 5.87. The number of anilines is 2. The molecule has 7 nitrogen and oxygen atoms in total. The molecule has 0 atom stereocenters. The predicted molar refractivity (Wildman–Crippen MR) is 69.6 cm³/mol. The molecule has 0 unspecified atom stereocenters. The van der Waals surface area contributed by atoms with Crippen LogP contribution in [-0.2, 0) is 0 Å². The fourth-order valence-electron chi connectivity index (χ4n) is 1.36. The second kappa shape index (κ2) is 5.40. The second-order valence-electron chi connectivity index (χ2n) is 3.57. The Labute approximate surface area is 112 Å². The van der Waals surface area contributed by atoms with Crippen LogP contribution in [0, 0.1) is 0 Å². The Morgan fingerprint density at radius 1 is 1.32 bits per heavy atom. The van der Waals surface area contributed by atoms with E-state index >= 15 is 0 Å². The average Bonchev–Trinajstić information content (AvgIpc) is 2.84. The molecule has 0 radical (unpaired) electrons. The molecular weight excluding hydrogens is 272 g/mol. The van der Waals surface area contributed by atoms with E-state index in [0.717, 1.165) is 0 Å². The van der Waals surface area contributed by atoms with Gasteiger partial charge in [0.15, 0.2) is 0 Å². The van der Waals surface area contributed by atoms with Gasteiger partial charge in [-0.1, -0.05) is 11.6 Å². The number of urea groups is 1. The van der Waals surface area contributed by atoms with Gasteiger partial charge < -0.3 is 15.7 Å². The van der Waals surface area contributed by atoms with Crippen molar-refractivity contribution in [1.82, 2.24) is 10.2 Å². The van der Waals surface area contributed by atoms with E-state index in [1.54, 1.807) is 0 Å². The van der Waals surface area contributed by atoms with Gasteiger partial charge in [0.1, 0.15) is 0 Å². The van der Waals surface area contributed by atoms with Gasteiger partial charge in [-0.15, -0.1) is 0 Å². The van der Waals surface area contributed by atoms with Crippen molar-refractivity contribution in [2.45, 2.75) is 0 Å². The number of aromatic carboxylic acids is 1. The summed E-state index contributed by atoms with van der Waals surface area (Å²) in [6.07, 6.45) is 2.92. The maximum absolute atomic E-state index is 11.6. The van der Waals surface area contributed by atoms with Crippen molar-refractivity contribution in [3.63, 3.8) is 0 Å². The monoisotopic (exact) mass is 280 g/mol. The maximum atomic E-state index is 11.6. The van der Waals surface area contributed by atoms with Gasteiger partial charge in [0.2, 0.25) is 0 Å². The molecule has 1 heterocycles. The Bertz CT molecular complexity index is 612. The number of rotatable bonds is 3. The minimum atomic E-state index is -1.10. The molecule has 2 aromatic rings. The summed E-state index contributed by atoms with van der Waals surface area (Å²) in [5, 5.41) is 20.3. The molecule has 0 bridgehead atoms. The number of halogens is 1. The molecule has 0 aliphatic carbocycles. The molecule has 0 spiro atoms. The number of aromatic nitrogens is 2. The van der Waals surface area contributed by atoms with Crippen molar-refractivity contribution >= 4 is 35.0 Å². The maximum Gasteiger partial charge on any atom is 0.335 e. The van der Waals surface area contributed by atoms with E-state index < -0.39 is 12.0 Å². The molecule has 0 fully saturated rings. The van der Waals surface area contributed by atoms with Crippen molar-refractivity contribution in [1.29, 1.82) is 0 Å². The Kier molecular flexibility index (Phi) is 3.67. The Morgan fingerprint density at radius 3 is 2.74 bits per heavy atom. The van der Waals surface area contributed by atoms with Crippen LogP contribution in [0.2, 0.25) is 5.02 Å². The molecule has 0 saturated heterocycles. The number of nitrogens with zero attached hydrogens (tertiary/aromatic N) is 1. The largest absolute Gasteiger partial charge is 0.478 e. The lowest BCUT2D eigenvalue weighted by Crippen LogP contribution is -2.19. The fourth-order valence-corrected chi connectivity index (χ4v) is 1.52. The molecule has 0 aliphatic rings. The third kappa shape index (κ3) is 3.23. The van der Waals surface area contributed by atoms with Crippen molar-refractivity contribution in [2.24, 2.45) is 0 Å². The first kappa shape index (κ1) is 12.9. The lowest BCUT2D eigenvalue weighted by atomic mass is 10.2. The number of carbonyl (C=O) groups is 2. The molecule has 1 aromatic carbocycles. The predicted octanol–water partition coefficient (Wildman–Crippen LogP) is 2.41. The van der Waals surface area contributed by atoms with Gasteiger partial charge in [0, 0.05) is 6.20 Å². The van der Waals surface area contributed by atoms with Crippen LogP contribution in [0.4, 0.5) is 16.2 Å². The summed E-state index contributed by atoms with van der Waals surface area (Å²) in [5.41, 5.74) is 0.716. The number of aromatic amines is 1. The van der Waals surface area contributed by atoms with Crippen LogP contribution in [0.5, 0.6) is 0 Å². The van der Waals surface area contributed by atoms with Gasteiger partial charge in [-0.2, -0.15) is 5.10 Å². The summed E-state index contributed by atoms with van der Waals surface area (Å²) in [6.45, 7) is 0. The zero-order chi connectivity index (χ0) is 13.8. The highest BCUT2D eigenvalue weighted by molar-refractivity contribution is 6.34. The van der Waals surface area contributed by atoms with Gasteiger partial charge in [-0.3, -0.25) is 5.10 Å². The minimum absolute atomic E-state index is 0.0306. The molecule has 19 heavy (non-hydrogen) atoms. The van der Waals surface area contributed by atoms with Crippen LogP contribution < -0.4 is 10.6 Å². The summed E-state index contributed by atoms with van der Waals surface area (Å²) in [5.74, 6) is -1.10. The normalized spacial score (nSPS) is 9.95. The molecule has 2 amide bonds. The summed E-state index contributed by atoms with van der Waals surface area (Å²) in [6, 6.07) is 3.48. The zero-order valence-corrected chi connectivity index (χ0v) is 10.2. The van der Waals surface area contributed by atoms with Crippen LogP contribution in [-0.4, -0.2) is 27.3 Å². The van der Waals surface area contributed by atoms with Gasteiger partial charge in [-0.25, -0.2) is 9.59 Å². The van der Waals surface area contributed by atoms with Crippen molar-refractivity contribution < 1.29 is 14.7 Å². The fraction of sp³-hybridized carbons (Fsp3) is 0. The third-order valence-corrected chi connectivity index (χ3v) is 2.55.